The Morgan fingerprint density at radius 3 is 2.65 bits per heavy atom. The van der Waals surface area contributed by atoms with E-state index in [1.54, 1.807) is 30.6 Å². The van der Waals surface area contributed by atoms with E-state index in [2.05, 4.69) is 35.5 Å². The molecule has 3 nitrogen and oxygen atoms in total. The monoisotopic (exact) mass is 270 g/mol. The number of aliphatic imine (C=N–C) groups is 1. The van der Waals surface area contributed by atoms with E-state index in [0.717, 1.165) is 5.75 Å². The summed E-state index contributed by atoms with van der Waals surface area (Å²) in [5.74, 6) is 0.858. The zero-order valence-corrected chi connectivity index (χ0v) is 11.8. The Labute approximate surface area is 111 Å². The maximum absolute atomic E-state index is 5.77. The highest BCUT2D eigenvalue weighted by Gasteiger charge is 1.97. The number of amidine groups is 1. The first-order valence-corrected chi connectivity index (χ1v) is 7.52. The van der Waals surface area contributed by atoms with Gasteiger partial charge in [-0.3, -0.25) is 4.99 Å². The maximum Gasteiger partial charge on any atom is 0.154 e. The highest BCUT2D eigenvalue weighted by atomic mass is 32.2. The number of hydrogen-bond acceptors (Lipinski definition) is 4. The number of benzene rings is 1. The molecule has 0 aliphatic rings. The second-order valence-corrected chi connectivity index (χ2v) is 5.22. The molecule has 5 heteroatoms. The Kier molecular flexibility index (Phi) is 7.16. The first-order valence-electron chi connectivity index (χ1n) is 5.31. The Morgan fingerprint density at radius 2 is 2.06 bits per heavy atom. The average Bonchev–Trinajstić information content (AvgIpc) is 2.37. The van der Waals surface area contributed by atoms with Crippen LogP contribution in [0.5, 0.6) is 0 Å². The van der Waals surface area contributed by atoms with Crippen LogP contribution in [0.25, 0.3) is 0 Å². The van der Waals surface area contributed by atoms with E-state index in [9.17, 15) is 0 Å². The summed E-state index contributed by atoms with van der Waals surface area (Å²) in [6, 6.07) is 8.50. The molecule has 0 heterocycles. The molecule has 0 atom stereocenters. The normalized spacial score (nSPS) is 11.8. The molecule has 1 aromatic rings. The van der Waals surface area contributed by atoms with Crippen LogP contribution in [0, 0.1) is 0 Å². The van der Waals surface area contributed by atoms with Crippen molar-refractivity contribution in [2.24, 2.45) is 10.7 Å². The lowest BCUT2D eigenvalue weighted by molar-refractivity contribution is 0.208. The van der Waals surface area contributed by atoms with Gasteiger partial charge in [-0.1, -0.05) is 23.9 Å². The first kappa shape index (κ1) is 14.4. The van der Waals surface area contributed by atoms with Crippen molar-refractivity contribution in [3.63, 3.8) is 0 Å². The minimum atomic E-state index is 0.615. The third-order valence-corrected chi connectivity index (χ3v) is 3.75. The quantitative estimate of drug-likeness (QED) is 0.373. The van der Waals surface area contributed by atoms with E-state index in [4.69, 9.17) is 10.5 Å². The fraction of sp³-hybridized carbons (Fsp3) is 0.417. The number of nitrogens with two attached hydrogens (primary N) is 1. The van der Waals surface area contributed by atoms with Gasteiger partial charge in [0.15, 0.2) is 5.17 Å². The van der Waals surface area contributed by atoms with Crippen LogP contribution in [0.1, 0.15) is 5.56 Å². The Balaban J connectivity index is 2.36. The van der Waals surface area contributed by atoms with Crippen molar-refractivity contribution >= 4 is 28.7 Å². The fourth-order valence-corrected chi connectivity index (χ4v) is 2.27. The molecule has 0 amide bonds. The highest BCUT2D eigenvalue weighted by molar-refractivity contribution is 8.13. The van der Waals surface area contributed by atoms with E-state index >= 15 is 0 Å². The molecule has 2 N–H and O–H groups in total. The van der Waals surface area contributed by atoms with Crippen molar-refractivity contribution in [3.8, 4) is 0 Å². The summed E-state index contributed by atoms with van der Waals surface area (Å²) in [6.45, 7) is 1.24. The van der Waals surface area contributed by atoms with Gasteiger partial charge in [-0.25, -0.2) is 0 Å². The molecule has 0 saturated heterocycles. The Bertz CT molecular complexity index is 352. The van der Waals surface area contributed by atoms with Crippen molar-refractivity contribution in [1.82, 2.24) is 0 Å². The lowest BCUT2D eigenvalue weighted by Gasteiger charge is -2.03. The summed E-state index contributed by atoms with van der Waals surface area (Å²) < 4.78 is 4.91. The molecule has 0 aliphatic heterocycles. The molecule has 0 aromatic heterocycles. The van der Waals surface area contributed by atoms with E-state index in [0.29, 0.717) is 18.3 Å². The molecular formula is C12H18N2OS2. The van der Waals surface area contributed by atoms with Crippen LogP contribution in [-0.4, -0.2) is 31.7 Å². The third kappa shape index (κ3) is 6.00. The standard InChI is InChI=1S/C12H18N2OS2/c1-15-8-7-14-12(13)17-9-10-3-5-11(16-2)6-4-10/h3-6H,7-9H2,1-2H3,(H2,13,14). The van der Waals surface area contributed by atoms with Gasteiger partial charge in [-0.05, 0) is 24.0 Å². The largest absolute Gasteiger partial charge is 0.383 e. The summed E-state index contributed by atoms with van der Waals surface area (Å²) in [4.78, 5) is 5.47. The van der Waals surface area contributed by atoms with Crippen LogP contribution in [-0.2, 0) is 10.5 Å². The summed E-state index contributed by atoms with van der Waals surface area (Å²) >= 11 is 3.31. The van der Waals surface area contributed by atoms with Gasteiger partial charge in [0.05, 0.1) is 13.2 Å². The lowest BCUT2D eigenvalue weighted by Crippen LogP contribution is -2.09. The SMILES string of the molecule is COCCN=C(N)SCc1ccc(SC)cc1. The first-order chi connectivity index (χ1) is 8.26. The zero-order valence-electron chi connectivity index (χ0n) is 10.2. The van der Waals surface area contributed by atoms with Gasteiger partial charge in [0.1, 0.15) is 0 Å². The summed E-state index contributed by atoms with van der Waals surface area (Å²) in [7, 11) is 1.66. The number of thioether (sulfide) groups is 2. The maximum atomic E-state index is 5.77. The molecule has 0 saturated carbocycles. The van der Waals surface area contributed by atoms with Gasteiger partial charge >= 0.3 is 0 Å². The Morgan fingerprint density at radius 1 is 1.35 bits per heavy atom. The molecule has 1 aromatic carbocycles. The second-order valence-electron chi connectivity index (χ2n) is 3.35. The van der Waals surface area contributed by atoms with E-state index in [1.807, 2.05) is 0 Å². The molecule has 0 spiro atoms. The fourth-order valence-electron chi connectivity index (χ4n) is 1.17. The smallest absolute Gasteiger partial charge is 0.154 e. The van der Waals surface area contributed by atoms with Crippen molar-refractivity contribution in [2.45, 2.75) is 10.6 Å². The molecule has 0 bridgehead atoms. The molecule has 94 valence electrons. The number of nitrogens with zero attached hydrogens (tertiary/aromatic N) is 1. The molecule has 17 heavy (non-hydrogen) atoms. The van der Waals surface area contributed by atoms with Gasteiger partial charge in [-0.2, -0.15) is 0 Å². The van der Waals surface area contributed by atoms with Crippen LogP contribution in [0.2, 0.25) is 0 Å². The van der Waals surface area contributed by atoms with Crippen LogP contribution in [0.4, 0.5) is 0 Å². The zero-order chi connectivity index (χ0) is 12.5. The number of ether oxygens (including phenoxy) is 1. The molecule has 0 aliphatic carbocycles. The van der Waals surface area contributed by atoms with Gasteiger partial charge in [0, 0.05) is 17.8 Å². The molecular weight excluding hydrogens is 252 g/mol. The van der Waals surface area contributed by atoms with Gasteiger partial charge in [0.2, 0.25) is 0 Å². The van der Waals surface area contributed by atoms with Crippen LogP contribution >= 0.6 is 23.5 Å². The van der Waals surface area contributed by atoms with Crippen LogP contribution in [0.3, 0.4) is 0 Å². The Hall–Kier alpha value is -0.650. The number of hydrogen-bond donors (Lipinski definition) is 1. The summed E-state index contributed by atoms with van der Waals surface area (Å²) in [6.07, 6.45) is 2.07. The number of rotatable bonds is 6. The topological polar surface area (TPSA) is 47.6 Å². The van der Waals surface area contributed by atoms with Gasteiger partial charge in [-0.15, -0.1) is 11.8 Å². The van der Waals surface area contributed by atoms with Crippen LogP contribution in [0.15, 0.2) is 34.2 Å². The highest BCUT2D eigenvalue weighted by Crippen LogP contribution is 2.18. The minimum absolute atomic E-state index is 0.615. The van der Waals surface area contributed by atoms with Crippen molar-refractivity contribution in [2.75, 3.05) is 26.5 Å². The second kappa shape index (κ2) is 8.44. The summed E-state index contributed by atoms with van der Waals surface area (Å²) in [5, 5.41) is 0.621. The molecule has 0 radical (unpaired) electrons. The van der Waals surface area contributed by atoms with Crippen molar-refractivity contribution in [3.05, 3.63) is 29.8 Å². The predicted molar refractivity (Wildman–Crippen MR) is 77.9 cm³/mol. The van der Waals surface area contributed by atoms with E-state index < -0.39 is 0 Å². The predicted octanol–water partition coefficient (Wildman–Crippen LogP) is 2.60. The van der Waals surface area contributed by atoms with Crippen LogP contribution < -0.4 is 5.73 Å². The lowest BCUT2D eigenvalue weighted by atomic mass is 10.2. The summed E-state index contributed by atoms with van der Waals surface area (Å²) in [5.41, 5.74) is 7.03. The number of methoxy groups -OCH3 is 1. The van der Waals surface area contributed by atoms with Crippen molar-refractivity contribution < 1.29 is 4.74 Å². The van der Waals surface area contributed by atoms with Gasteiger partial charge in [0.25, 0.3) is 0 Å². The average molecular weight is 270 g/mol. The minimum Gasteiger partial charge on any atom is -0.383 e. The molecule has 1 rings (SSSR count). The van der Waals surface area contributed by atoms with E-state index in [1.165, 1.54) is 10.5 Å². The third-order valence-electron chi connectivity index (χ3n) is 2.11. The van der Waals surface area contributed by atoms with Gasteiger partial charge < -0.3 is 10.5 Å². The molecule has 0 unspecified atom stereocenters. The van der Waals surface area contributed by atoms with Crippen molar-refractivity contribution in [1.29, 1.82) is 0 Å². The van der Waals surface area contributed by atoms with E-state index in [-0.39, 0.29) is 0 Å². The molecule has 0 fully saturated rings.